The Morgan fingerprint density at radius 3 is 2.25 bits per heavy atom. The smallest absolute Gasteiger partial charge is 0.398 e. The van der Waals surface area contributed by atoms with Gasteiger partial charge in [-0.05, 0) is 44.4 Å². The largest absolute Gasteiger partial charge is 0.493 e. The molecule has 0 N–H and O–H groups in total. The highest BCUT2D eigenvalue weighted by Crippen LogP contribution is 2.44. The maximum atomic E-state index is 13.3. The quantitative estimate of drug-likeness (QED) is 0.687. The molecule has 5 heteroatoms. The lowest BCUT2D eigenvalue weighted by Gasteiger charge is -2.30. The molecule has 0 heterocycles. The molecule has 114 valence electrons. The van der Waals surface area contributed by atoms with Crippen molar-refractivity contribution in [3.63, 3.8) is 0 Å². The molecular weight excluding hydrogens is 272 g/mol. The molecule has 0 bridgehead atoms. The zero-order chi connectivity index (χ0) is 15.6. The van der Waals surface area contributed by atoms with Crippen molar-refractivity contribution in [2.24, 2.45) is 5.92 Å². The molecule has 0 unspecified atom stereocenters. The highest BCUT2D eigenvalue weighted by atomic mass is 19.4. The topological polar surface area (TPSA) is 9.23 Å². The van der Waals surface area contributed by atoms with E-state index in [1.807, 2.05) is 13.8 Å². The maximum Gasteiger partial charge on any atom is 0.398 e. The van der Waals surface area contributed by atoms with Crippen LogP contribution in [0.25, 0.3) is 0 Å². The summed E-state index contributed by atoms with van der Waals surface area (Å²) in [5.41, 5.74) is -2.34. The summed E-state index contributed by atoms with van der Waals surface area (Å²) >= 11 is 0. The van der Waals surface area contributed by atoms with Gasteiger partial charge in [0.15, 0.2) is 0 Å². The Labute approximate surface area is 116 Å². The third kappa shape index (κ3) is 3.87. The van der Waals surface area contributed by atoms with E-state index in [1.165, 1.54) is 6.07 Å². The van der Waals surface area contributed by atoms with Gasteiger partial charge in [0.1, 0.15) is 11.6 Å². The molecule has 1 aromatic rings. The van der Waals surface area contributed by atoms with Crippen LogP contribution in [0.15, 0.2) is 18.2 Å². The van der Waals surface area contributed by atoms with Gasteiger partial charge in [0.25, 0.3) is 0 Å². The number of benzene rings is 1. The van der Waals surface area contributed by atoms with Crippen molar-refractivity contribution in [3.8, 4) is 5.75 Å². The van der Waals surface area contributed by atoms with E-state index in [2.05, 4.69) is 0 Å². The van der Waals surface area contributed by atoms with E-state index in [1.54, 1.807) is 0 Å². The minimum atomic E-state index is -4.48. The summed E-state index contributed by atoms with van der Waals surface area (Å²) < 4.78 is 58.0. The summed E-state index contributed by atoms with van der Waals surface area (Å²) in [6, 6.07) is 3.28. The average molecular weight is 292 g/mol. The molecule has 0 saturated carbocycles. The first-order chi connectivity index (χ1) is 9.05. The van der Waals surface area contributed by atoms with Crippen LogP contribution in [0.1, 0.15) is 39.7 Å². The van der Waals surface area contributed by atoms with Gasteiger partial charge >= 0.3 is 6.18 Å². The van der Waals surface area contributed by atoms with Crippen LogP contribution in [-0.2, 0) is 5.41 Å². The van der Waals surface area contributed by atoms with Gasteiger partial charge in [-0.25, -0.2) is 4.39 Å². The van der Waals surface area contributed by atoms with E-state index in [0.29, 0.717) is 12.5 Å². The molecule has 0 atom stereocenters. The number of ether oxygens (including phenoxy) is 1. The van der Waals surface area contributed by atoms with E-state index in [0.717, 1.165) is 32.4 Å². The fourth-order valence-electron chi connectivity index (χ4n) is 1.67. The van der Waals surface area contributed by atoms with E-state index >= 15 is 0 Å². The monoisotopic (exact) mass is 292 g/mol. The van der Waals surface area contributed by atoms with Crippen molar-refractivity contribution in [1.82, 2.24) is 0 Å². The van der Waals surface area contributed by atoms with Crippen LogP contribution in [0.3, 0.4) is 0 Å². The van der Waals surface area contributed by atoms with Gasteiger partial charge in [0.2, 0.25) is 0 Å². The molecule has 0 fully saturated rings. The van der Waals surface area contributed by atoms with Crippen molar-refractivity contribution in [2.45, 2.75) is 45.7 Å². The molecule has 1 rings (SSSR count). The first-order valence-electron chi connectivity index (χ1n) is 6.55. The van der Waals surface area contributed by atoms with E-state index in [4.69, 9.17) is 4.74 Å². The third-order valence-electron chi connectivity index (χ3n) is 3.28. The summed E-state index contributed by atoms with van der Waals surface area (Å²) in [6.07, 6.45) is -3.75. The molecule has 0 saturated heterocycles. The zero-order valence-electron chi connectivity index (χ0n) is 12.1. The fourth-order valence-corrected chi connectivity index (χ4v) is 1.67. The molecule has 0 spiro atoms. The first-order valence-corrected chi connectivity index (χ1v) is 6.55. The molecule has 0 amide bonds. The van der Waals surface area contributed by atoms with Crippen molar-refractivity contribution in [3.05, 3.63) is 29.6 Å². The lowest BCUT2D eigenvalue weighted by atomic mass is 9.83. The van der Waals surface area contributed by atoms with Gasteiger partial charge in [-0.15, -0.1) is 0 Å². The standard InChI is InChI=1S/C15H20F4O/c1-10(2)7-8-20-13-6-5-11(16)9-12(13)14(3,4)15(17,18)19/h5-6,9-10H,7-8H2,1-4H3. The number of halogens is 4. The summed E-state index contributed by atoms with van der Waals surface area (Å²) in [5.74, 6) is -0.225. The van der Waals surface area contributed by atoms with Crippen molar-refractivity contribution in [2.75, 3.05) is 6.61 Å². The minimum Gasteiger partial charge on any atom is -0.493 e. The van der Waals surface area contributed by atoms with Crippen LogP contribution in [-0.4, -0.2) is 12.8 Å². The summed E-state index contributed by atoms with van der Waals surface area (Å²) in [5, 5.41) is 0. The SMILES string of the molecule is CC(C)CCOc1ccc(F)cc1C(C)(C)C(F)(F)F. The molecule has 1 nitrogen and oxygen atoms in total. The van der Waals surface area contributed by atoms with Crippen LogP contribution in [0.2, 0.25) is 0 Å². The Hall–Kier alpha value is -1.26. The Kier molecular flexibility index (Phi) is 5.05. The second-order valence-electron chi connectivity index (χ2n) is 5.79. The maximum absolute atomic E-state index is 13.3. The minimum absolute atomic E-state index is 0.0920. The highest BCUT2D eigenvalue weighted by Gasteiger charge is 2.50. The number of alkyl halides is 3. The molecule has 0 aliphatic heterocycles. The van der Waals surface area contributed by atoms with Crippen LogP contribution >= 0.6 is 0 Å². The normalized spacial score (nSPS) is 12.8. The van der Waals surface area contributed by atoms with Gasteiger partial charge in [0, 0.05) is 5.56 Å². The Morgan fingerprint density at radius 2 is 1.75 bits per heavy atom. The van der Waals surface area contributed by atoms with Crippen LogP contribution in [0.4, 0.5) is 17.6 Å². The summed E-state index contributed by atoms with van der Waals surface area (Å²) in [7, 11) is 0. The zero-order valence-corrected chi connectivity index (χ0v) is 12.1. The molecule has 0 aromatic heterocycles. The fraction of sp³-hybridized carbons (Fsp3) is 0.600. The molecule has 0 aliphatic rings. The van der Waals surface area contributed by atoms with Crippen LogP contribution in [0, 0.1) is 11.7 Å². The predicted octanol–water partition coefficient (Wildman–Crippen LogP) is 5.09. The van der Waals surface area contributed by atoms with E-state index in [-0.39, 0.29) is 11.3 Å². The molecule has 0 radical (unpaired) electrons. The van der Waals surface area contributed by atoms with E-state index < -0.39 is 17.4 Å². The second kappa shape index (κ2) is 6.02. The molecular formula is C15H20F4O. The number of rotatable bonds is 5. The van der Waals surface area contributed by atoms with Gasteiger partial charge < -0.3 is 4.74 Å². The Morgan fingerprint density at radius 1 is 1.15 bits per heavy atom. The molecule has 20 heavy (non-hydrogen) atoms. The van der Waals surface area contributed by atoms with Gasteiger partial charge in [-0.3, -0.25) is 0 Å². The molecule has 1 aromatic carbocycles. The van der Waals surface area contributed by atoms with Gasteiger partial charge in [-0.2, -0.15) is 13.2 Å². The lowest BCUT2D eigenvalue weighted by Crippen LogP contribution is -2.36. The van der Waals surface area contributed by atoms with Gasteiger partial charge in [-0.1, -0.05) is 13.8 Å². The number of hydrogen-bond donors (Lipinski definition) is 0. The van der Waals surface area contributed by atoms with Crippen LogP contribution < -0.4 is 4.74 Å². The Bertz CT molecular complexity index is 450. The predicted molar refractivity (Wildman–Crippen MR) is 70.4 cm³/mol. The van der Waals surface area contributed by atoms with Crippen molar-refractivity contribution < 1.29 is 22.3 Å². The van der Waals surface area contributed by atoms with E-state index in [9.17, 15) is 17.6 Å². The van der Waals surface area contributed by atoms with Crippen molar-refractivity contribution >= 4 is 0 Å². The Balaban J connectivity index is 3.08. The van der Waals surface area contributed by atoms with Crippen molar-refractivity contribution in [1.29, 1.82) is 0 Å². The summed E-state index contributed by atoms with van der Waals surface area (Å²) in [6.45, 7) is 6.35. The summed E-state index contributed by atoms with van der Waals surface area (Å²) in [4.78, 5) is 0. The second-order valence-corrected chi connectivity index (χ2v) is 5.79. The van der Waals surface area contributed by atoms with Gasteiger partial charge in [0.05, 0.1) is 12.0 Å². The van der Waals surface area contributed by atoms with Crippen LogP contribution in [0.5, 0.6) is 5.75 Å². The first kappa shape index (κ1) is 16.8. The highest BCUT2D eigenvalue weighted by molar-refractivity contribution is 5.40. The molecule has 0 aliphatic carbocycles. The number of hydrogen-bond acceptors (Lipinski definition) is 1. The third-order valence-corrected chi connectivity index (χ3v) is 3.28. The average Bonchev–Trinajstić information content (AvgIpc) is 2.29. The lowest BCUT2D eigenvalue weighted by molar-refractivity contribution is -0.180.